The number of carbonyl (C=O) groups is 2. The highest BCUT2D eigenvalue weighted by atomic mass is 16.5. The lowest BCUT2D eigenvalue weighted by atomic mass is 10.0. The molecule has 0 radical (unpaired) electrons. The molecule has 0 heterocycles. The Morgan fingerprint density at radius 1 is 0.420 bits per heavy atom. The van der Waals surface area contributed by atoms with Gasteiger partial charge in [0.05, 0.1) is 25.2 Å². The lowest BCUT2D eigenvalue weighted by molar-refractivity contribution is -0.151. The molecule has 3 N–H and O–H groups in total. The van der Waals surface area contributed by atoms with Crippen LogP contribution >= 0.6 is 0 Å². The van der Waals surface area contributed by atoms with E-state index in [-0.39, 0.29) is 24.9 Å². The van der Waals surface area contributed by atoms with Gasteiger partial charge in [0.2, 0.25) is 5.91 Å². The van der Waals surface area contributed by atoms with Crippen molar-refractivity contribution in [3.05, 3.63) is 24.3 Å². The number of ether oxygens (including phenoxy) is 1. The molecular weight excluding hydrogens is 851 g/mol. The Balaban J connectivity index is 4.51. The van der Waals surface area contributed by atoms with Crippen LogP contribution in [0.3, 0.4) is 0 Å². The van der Waals surface area contributed by atoms with Crippen molar-refractivity contribution in [1.29, 1.82) is 0 Å². The number of rotatable bonds is 57. The average molecular weight is 973 g/mol. The van der Waals surface area contributed by atoms with Crippen LogP contribution in [0.2, 0.25) is 0 Å². The smallest absolute Gasteiger partial charge is 0.306 e. The van der Waals surface area contributed by atoms with Gasteiger partial charge in [-0.25, -0.2) is 0 Å². The van der Waals surface area contributed by atoms with Gasteiger partial charge in [-0.05, 0) is 57.8 Å². The van der Waals surface area contributed by atoms with Crippen LogP contribution in [0.4, 0.5) is 0 Å². The maximum absolute atomic E-state index is 13.3. The predicted octanol–water partition coefficient (Wildman–Crippen LogP) is 19.4. The van der Waals surface area contributed by atoms with Crippen molar-refractivity contribution in [3.8, 4) is 0 Å². The van der Waals surface area contributed by atoms with E-state index in [1.54, 1.807) is 0 Å². The highest BCUT2D eigenvalue weighted by Crippen LogP contribution is 2.19. The fraction of sp³-hybridized carbons (Fsp3) is 0.905. The molecule has 69 heavy (non-hydrogen) atoms. The summed E-state index contributed by atoms with van der Waals surface area (Å²) in [6.07, 6.45) is 68.2. The third-order valence-corrected chi connectivity index (χ3v) is 14.5. The third kappa shape index (κ3) is 52.5. The van der Waals surface area contributed by atoms with Crippen molar-refractivity contribution in [1.82, 2.24) is 5.32 Å². The minimum absolute atomic E-state index is 0.0786. The summed E-state index contributed by atoms with van der Waals surface area (Å²) >= 11 is 0. The molecule has 3 unspecified atom stereocenters. The van der Waals surface area contributed by atoms with E-state index < -0.39 is 18.2 Å². The zero-order valence-corrected chi connectivity index (χ0v) is 46.7. The number of hydrogen-bond donors (Lipinski definition) is 3. The van der Waals surface area contributed by atoms with Gasteiger partial charge in [-0.1, -0.05) is 295 Å². The molecule has 0 aliphatic carbocycles. The molecule has 1 amide bonds. The molecule has 0 saturated heterocycles. The first-order chi connectivity index (χ1) is 34.0. The Hall–Kier alpha value is -1.66. The van der Waals surface area contributed by atoms with Crippen LogP contribution in [0.1, 0.15) is 342 Å². The number of carbonyl (C=O) groups excluding carboxylic acids is 2. The summed E-state index contributed by atoms with van der Waals surface area (Å²) in [7, 11) is 0. The minimum Gasteiger partial charge on any atom is -0.462 e. The summed E-state index contributed by atoms with van der Waals surface area (Å²) < 4.78 is 5.98. The summed E-state index contributed by atoms with van der Waals surface area (Å²) in [6, 6.07) is -0.701. The van der Waals surface area contributed by atoms with Gasteiger partial charge in [0.15, 0.2) is 0 Å². The Bertz CT molecular complexity index is 1090. The van der Waals surface area contributed by atoms with Gasteiger partial charge < -0.3 is 20.3 Å². The molecule has 0 aliphatic heterocycles. The van der Waals surface area contributed by atoms with Crippen LogP contribution in [0, 0.1) is 0 Å². The van der Waals surface area contributed by atoms with E-state index in [0.717, 1.165) is 64.2 Å². The maximum Gasteiger partial charge on any atom is 0.306 e. The fourth-order valence-electron chi connectivity index (χ4n) is 9.82. The van der Waals surface area contributed by atoms with Gasteiger partial charge >= 0.3 is 5.97 Å². The van der Waals surface area contributed by atoms with Crippen molar-refractivity contribution in [2.24, 2.45) is 0 Å². The van der Waals surface area contributed by atoms with E-state index in [2.05, 4.69) is 50.4 Å². The molecule has 6 heteroatoms. The number of aliphatic hydroxyl groups excluding tert-OH is 2. The standard InChI is InChI=1S/C63H121NO5/c1-4-7-10-13-16-19-22-25-28-31-33-36-39-42-45-48-51-54-59(69-63(68)56-53-50-47-44-41-38-35-30-27-24-21-18-15-12-9-6-3)57-62(67)64-60(58-65)61(66)55-52-49-46-43-40-37-34-32-29-26-23-20-17-14-11-8-5-2/h16,19,25,28,59-61,65-66H,4-15,17-18,20-24,26-27,29-58H2,1-3H3,(H,64,67)/b19-16-,28-25-. The predicted molar refractivity (Wildman–Crippen MR) is 301 cm³/mol. The van der Waals surface area contributed by atoms with Crippen molar-refractivity contribution >= 4 is 11.9 Å². The summed E-state index contributed by atoms with van der Waals surface area (Å²) in [5.41, 5.74) is 0. The lowest BCUT2D eigenvalue weighted by Crippen LogP contribution is -2.46. The molecule has 0 spiro atoms. The summed E-state index contributed by atoms with van der Waals surface area (Å²) in [5.74, 6) is -0.458. The van der Waals surface area contributed by atoms with Crippen molar-refractivity contribution in [2.45, 2.75) is 360 Å². The summed E-state index contributed by atoms with van der Waals surface area (Å²) in [6.45, 7) is 6.51. The van der Waals surface area contributed by atoms with E-state index in [4.69, 9.17) is 4.74 Å². The van der Waals surface area contributed by atoms with Gasteiger partial charge in [0.25, 0.3) is 0 Å². The van der Waals surface area contributed by atoms with E-state index in [1.807, 2.05) is 0 Å². The van der Waals surface area contributed by atoms with Gasteiger partial charge in [0, 0.05) is 6.42 Å². The topological polar surface area (TPSA) is 95.9 Å². The molecule has 3 atom stereocenters. The van der Waals surface area contributed by atoms with E-state index >= 15 is 0 Å². The van der Waals surface area contributed by atoms with Crippen LogP contribution in [0.15, 0.2) is 24.3 Å². The fourth-order valence-corrected chi connectivity index (χ4v) is 9.82. The molecule has 0 bridgehead atoms. The zero-order valence-electron chi connectivity index (χ0n) is 46.7. The van der Waals surface area contributed by atoms with Crippen molar-refractivity contribution in [2.75, 3.05) is 6.61 Å². The monoisotopic (exact) mass is 972 g/mol. The first-order valence-electron chi connectivity index (χ1n) is 31.1. The van der Waals surface area contributed by atoms with E-state index in [0.29, 0.717) is 19.3 Å². The Morgan fingerprint density at radius 3 is 1.13 bits per heavy atom. The number of amides is 1. The van der Waals surface area contributed by atoms with E-state index in [9.17, 15) is 19.8 Å². The minimum atomic E-state index is -0.788. The molecule has 0 saturated carbocycles. The quantitative estimate of drug-likeness (QED) is 0.0321. The van der Waals surface area contributed by atoms with Crippen LogP contribution < -0.4 is 5.32 Å². The largest absolute Gasteiger partial charge is 0.462 e. The van der Waals surface area contributed by atoms with Gasteiger partial charge in [-0.15, -0.1) is 0 Å². The second-order valence-corrected chi connectivity index (χ2v) is 21.5. The van der Waals surface area contributed by atoms with Gasteiger partial charge in [-0.2, -0.15) is 0 Å². The molecule has 6 nitrogen and oxygen atoms in total. The average Bonchev–Trinajstić information content (AvgIpc) is 3.34. The summed E-state index contributed by atoms with van der Waals surface area (Å²) in [5, 5.41) is 24.0. The van der Waals surface area contributed by atoms with Crippen LogP contribution in [-0.2, 0) is 14.3 Å². The molecule has 0 fully saturated rings. The third-order valence-electron chi connectivity index (χ3n) is 14.5. The summed E-state index contributed by atoms with van der Waals surface area (Å²) in [4.78, 5) is 26.4. The molecular formula is C63H121NO5. The van der Waals surface area contributed by atoms with Crippen molar-refractivity contribution < 1.29 is 24.5 Å². The number of aliphatic hydroxyl groups is 2. The maximum atomic E-state index is 13.3. The molecule has 408 valence electrons. The SMILES string of the molecule is CCCCC/C=C\C/C=C\CCCCCCCCCC(CC(=O)NC(CO)C(O)CCCCCCCCCCCCCCCCCCC)OC(=O)CCCCCCCCCCCCCCCCCC. The number of unbranched alkanes of at least 4 members (excludes halogenated alkanes) is 41. The normalized spacial score (nSPS) is 13.2. The Labute approximate surface area is 431 Å². The van der Waals surface area contributed by atoms with Crippen LogP contribution in [0.25, 0.3) is 0 Å². The highest BCUT2D eigenvalue weighted by molar-refractivity contribution is 5.77. The molecule has 0 aromatic rings. The lowest BCUT2D eigenvalue weighted by Gasteiger charge is -2.24. The highest BCUT2D eigenvalue weighted by Gasteiger charge is 2.24. The molecule has 0 rings (SSSR count). The second kappa shape index (κ2) is 57.2. The second-order valence-electron chi connectivity index (χ2n) is 21.5. The zero-order chi connectivity index (χ0) is 50.2. The number of nitrogens with one attached hydrogen (secondary N) is 1. The van der Waals surface area contributed by atoms with Gasteiger partial charge in [-0.3, -0.25) is 9.59 Å². The number of esters is 1. The van der Waals surface area contributed by atoms with E-state index in [1.165, 1.54) is 231 Å². The van der Waals surface area contributed by atoms with Gasteiger partial charge in [0.1, 0.15) is 6.10 Å². The Morgan fingerprint density at radius 2 is 0.739 bits per heavy atom. The number of hydrogen-bond acceptors (Lipinski definition) is 5. The molecule has 0 aromatic carbocycles. The molecule has 0 aliphatic rings. The molecule has 0 aromatic heterocycles. The van der Waals surface area contributed by atoms with Crippen LogP contribution in [0.5, 0.6) is 0 Å². The number of allylic oxidation sites excluding steroid dienone is 4. The van der Waals surface area contributed by atoms with Crippen molar-refractivity contribution in [3.63, 3.8) is 0 Å². The van der Waals surface area contributed by atoms with Crippen LogP contribution in [-0.4, -0.2) is 46.9 Å². The first kappa shape index (κ1) is 67.3. The first-order valence-corrected chi connectivity index (χ1v) is 31.1. The Kier molecular flexibility index (Phi) is 55.9.